The van der Waals surface area contributed by atoms with Gasteiger partial charge < -0.3 is 0 Å². The first-order chi connectivity index (χ1) is 1.73. The zero-order chi connectivity index (χ0) is 3.58. The van der Waals surface area contributed by atoms with Gasteiger partial charge in [-0.25, -0.2) is 0 Å². The molecule has 0 spiro atoms. The molecule has 24 valence electrons. The van der Waals surface area contributed by atoms with Crippen molar-refractivity contribution in [2.45, 2.75) is 0 Å². The van der Waals surface area contributed by atoms with E-state index in [4.69, 9.17) is 0 Å². The Morgan fingerprint density at radius 3 is 1.50 bits per heavy atom. The summed E-state index contributed by atoms with van der Waals surface area (Å²) in [5, 5.41) is 0. The topological polar surface area (TPSA) is 0 Å². The van der Waals surface area contributed by atoms with E-state index in [1.54, 1.807) is 0 Å². The van der Waals surface area contributed by atoms with E-state index in [0.29, 0.717) is 0 Å². The van der Waals surface area contributed by atoms with Gasteiger partial charge in [0.05, 0.1) is 0 Å². The van der Waals surface area contributed by atoms with Gasteiger partial charge in [-0.05, 0) is 6.66 Å². The molecule has 0 nitrogen and oxygen atoms in total. The van der Waals surface area contributed by atoms with Crippen LogP contribution >= 0.6 is 7.17 Å². The average Bonchev–Trinajstić information content (AvgIpc) is 0.811. The van der Waals surface area contributed by atoms with Crippen molar-refractivity contribution < 1.29 is 0 Å². The summed E-state index contributed by atoms with van der Waals surface area (Å²) in [6.07, 6.45) is 7.19. The summed E-state index contributed by atoms with van der Waals surface area (Å²) >= 11 is 0. The van der Waals surface area contributed by atoms with Crippen LogP contribution in [0.2, 0.25) is 0 Å². The molecule has 0 amide bonds. The van der Waals surface area contributed by atoms with E-state index in [9.17, 15) is 0 Å². The van der Waals surface area contributed by atoms with Crippen molar-refractivity contribution in [3.05, 3.63) is 0 Å². The van der Waals surface area contributed by atoms with Gasteiger partial charge in [0.25, 0.3) is 0 Å². The molecule has 0 heterocycles. The van der Waals surface area contributed by atoms with Gasteiger partial charge in [0, 0.05) is 0 Å². The highest BCUT2D eigenvalue weighted by Crippen LogP contribution is 1.83. The van der Waals surface area contributed by atoms with E-state index in [-0.39, 0.29) is 7.17 Å². The van der Waals surface area contributed by atoms with Crippen LogP contribution in [0.5, 0.6) is 0 Å². The molecule has 1 heteroatoms. The zero-order valence-corrected chi connectivity index (χ0v) is 3.76. The van der Waals surface area contributed by atoms with Gasteiger partial charge in [0.1, 0.15) is 0 Å². The molecule has 0 saturated heterocycles. The third-order valence-electron chi connectivity index (χ3n) is 0. The highest BCUT2D eigenvalue weighted by Gasteiger charge is 1.32. The molecule has 0 aromatic heterocycles. The van der Waals surface area contributed by atoms with Gasteiger partial charge in [-0.1, -0.05) is 12.6 Å². The maximum atomic E-state index is 3.59. The Morgan fingerprint density at radius 1 is 1.50 bits per heavy atom. The summed E-state index contributed by atoms with van der Waals surface area (Å²) < 4.78 is 0. The van der Waals surface area contributed by atoms with Crippen LogP contribution in [-0.2, 0) is 0 Å². The first-order valence-electron chi connectivity index (χ1n) is 1.08. The van der Waals surface area contributed by atoms with E-state index in [2.05, 4.69) is 12.6 Å². The molecule has 0 atom stereocenters. The quantitative estimate of drug-likeness (QED) is 0.375. The van der Waals surface area contributed by atoms with Crippen molar-refractivity contribution in [2.75, 3.05) is 6.66 Å². The molecule has 0 aliphatic rings. The van der Waals surface area contributed by atoms with E-state index in [1.807, 2.05) is 6.66 Å². The van der Waals surface area contributed by atoms with Crippen LogP contribution in [0.3, 0.4) is 0 Å². The maximum absolute atomic E-state index is 3.59. The Balaban J connectivity index is 3.51. The second kappa shape index (κ2) is 1.37. The lowest BCUT2D eigenvalue weighted by Gasteiger charge is -1.51. The number of hydrogen-bond donors (Lipinski definition) is 0. The highest BCUT2D eigenvalue weighted by molar-refractivity contribution is 7.53. The maximum Gasteiger partial charge on any atom is -0.0269 e. The van der Waals surface area contributed by atoms with Crippen LogP contribution < -0.4 is 0 Å². The lowest BCUT2D eigenvalue weighted by molar-refractivity contribution is 2.50. The smallest absolute Gasteiger partial charge is 0.0269 e. The molecule has 0 unspecified atom stereocenters. The van der Waals surface area contributed by atoms with Crippen molar-refractivity contribution >= 4 is 19.8 Å². The summed E-state index contributed by atoms with van der Waals surface area (Å²) in [6, 6.07) is 0. The first kappa shape index (κ1) is 4.04. The van der Waals surface area contributed by atoms with Crippen molar-refractivity contribution in [2.24, 2.45) is 0 Å². The SMILES string of the molecule is C=P(=C)C. The molecule has 0 saturated carbocycles. The van der Waals surface area contributed by atoms with E-state index in [1.165, 1.54) is 0 Å². The van der Waals surface area contributed by atoms with Gasteiger partial charge in [0.2, 0.25) is 0 Å². The zero-order valence-electron chi connectivity index (χ0n) is 2.86. The molecule has 0 aliphatic heterocycles. The van der Waals surface area contributed by atoms with Crippen molar-refractivity contribution in [1.82, 2.24) is 0 Å². The van der Waals surface area contributed by atoms with Crippen LogP contribution in [0.15, 0.2) is 0 Å². The van der Waals surface area contributed by atoms with E-state index >= 15 is 0 Å². The normalized spacial score (nSPS) is 6.25. The van der Waals surface area contributed by atoms with Crippen LogP contribution in [-0.4, -0.2) is 19.3 Å². The fraction of sp³-hybridized carbons (Fsp3) is 0.333. The fourth-order valence-corrected chi connectivity index (χ4v) is 0. The molecule has 0 aromatic carbocycles. The van der Waals surface area contributed by atoms with Gasteiger partial charge in [0.15, 0.2) is 0 Å². The summed E-state index contributed by atoms with van der Waals surface area (Å²) in [6.45, 7) is 2.01. The van der Waals surface area contributed by atoms with Gasteiger partial charge in [-0.3, -0.25) is 0 Å². The molecular weight excluding hydrogens is 67.0 g/mol. The molecular formula is C3H7P. The summed E-state index contributed by atoms with van der Waals surface area (Å²) in [4.78, 5) is 0. The van der Waals surface area contributed by atoms with Gasteiger partial charge >= 0.3 is 0 Å². The largest absolute Gasteiger partial charge is 0.143 e. The third kappa shape index (κ3) is 1380. The monoisotopic (exact) mass is 74.0 g/mol. The van der Waals surface area contributed by atoms with Crippen molar-refractivity contribution in [3.8, 4) is 0 Å². The highest BCUT2D eigenvalue weighted by atomic mass is 31.1. The average molecular weight is 74.1 g/mol. The number of rotatable bonds is 0. The van der Waals surface area contributed by atoms with Crippen molar-refractivity contribution in [3.63, 3.8) is 0 Å². The Labute approximate surface area is 27.5 Å². The molecule has 0 fully saturated rings. The Bertz CT molecular complexity index is 51.7. The molecule has 0 bridgehead atoms. The second-order valence-electron chi connectivity index (χ2n) is 0.856. The Kier molecular flexibility index (Phi) is 1.38. The standard InChI is InChI=1S/C3H7P/c1-4(2)3/h1-2H2,3H3. The first-order valence-corrected chi connectivity index (χ1v) is 3.24. The lowest BCUT2D eigenvalue weighted by atomic mass is 11.9. The predicted molar refractivity (Wildman–Crippen MR) is 27.1 cm³/mol. The molecule has 0 rings (SSSR count). The fourth-order valence-electron chi connectivity index (χ4n) is 0. The van der Waals surface area contributed by atoms with Crippen molar-refractivity contribution in [1.29, 1.82) is 0 Å². The molecule has 0 radical (unpaired) electrons. The van der Waals surface area contributed by atoms with E-state index < -0.39 is 0 Å². The Morgan fingerprint density at radius 2 is 1.50 bits per heavy atom. The Hall–Kier alpha value is 0.0400. The molecule has 0 N–H and O–H groups in total. The van der Waals surface area contributed by atoms with Crippen LogP contribution in [0.25, 0.3) is 0 Å². The minimum atomic E-state index is -0.120. The molecule has 0 aromatic rings. The summed E-state index contributed by atoms with van der Waals surface area (Å²) in [5.74, 6) is 0. The minimum absolute atomic E-state index is 0.120. The third-order valence-corrected chi connectivity index (χ3v) is 0. The molecule has 4 heavy (non-hydrogen) atoms. The predicted octanol–water partition coefficient (Wildman–Crippen LogP) is 0.962. The van der Waals surface area contributed by atoms with E-state index in [0.717, 1.165) is 0 Å². The second-order valence-corrected chi connectivity index (χ2v) is 2.57. The molecule has 0 aliphatic carbocycles. The van der Waals surface area contributed by atoms with Gasteiger partial charge in [-0.15, -0.1) is 7.17 Å². The summed E-state index contributed by atoms with van der Waals surface area (Å²) in [7, 11) is -0.120. The van der Waals surface area contributed by atoms with Crippen LogP contribution in [0.1, 0.15) is 0 Å². The van der Waals surface area contributed by atoms with Crippen LogP contribution in [0.4, 0.5) is 0 Å². The number of hydrogen-bond acceptors (Lipinski definition) is 0. The van der Waals surface area contributed by atoms with Crippen LogP contribution in [0, 0.1) is 0 Å². The van der Waals surface area contributed by atoms with Gasteiger partial charge in [-0.2, -0.15) is 0 Å². The minimum Gasteiger partial charge on any atom is -0.143 e. The lowest BCUT2D eigenvalue weighted by Crippen LogP contribution is -1.21. The summed E-state index contributed by atoms with van der Waals surface area (Å²) in [5.41, 5.74) is 0.